The number of thioether (sulfide) groups is 1. The summed E-state index contributed by atoms with van der Waals surface area (Å²) in [4.78, 5) is 0. The molecular formula is C16H24F2O2S2. The van der Waals surface area contributed by atoms with Crippen molar-refractivity contribution < 1.29 is 17.2 Å². The Balaban J connectivity index is 1.52. The Kier molecular flexibility index (Phi) is 3.45. The van der Waals surface area contributed by atoms with Crippen molar-refractivity contribution in [3.63, 3.8) is 0 Å². The van der Waals surface area contributed by atoms with Crippen molar-refractivity contribution in [2.45, 2.75) is 42.6 Å². The number of hydrogen-bond donors (Lipinski definition) is 0. The monoisotopic (exact) mass is 350 g/mol. The predicted octanol–water partition coefficient (Wildman–Crippen LogP) is 3.67. The van der Waals surface area contributed by atoms with Crippen molar-refractivity contribution in [1.82, 2.24) is 0 Å². The highest BCUT2D eigenvalue weighted by molar-refractivity contribution is 7.99. The Morgan fingerprint density at radius 1 is 1.05 bits per heavy atom. The topological polar surface area (TPSA) is 34.1 Å². The first-order valence-corrected chi connectivity index (χ1v) is 11.5. The van der Waals surface area contributed by atoms with Gasteiger partial charge in [-0.3, -0.25) is 0 Å². The zero-order valence-corrected chi connectivity index (χ0v) is 14.7. The fourth-order valence-corrected chi connectivity index (χ4v) is 8.24. The van der Waals surface area contributed by atoms with E-state index < -0.39 is 21.5 Å². The van der Waals surface area contributed by atoms with Gasteiger partial charge in [0, 0.05) is 17.9 Å². The molecule has 0 aliphatic heterocycles. The molecule has 126 valence electrons. The van der Waals surface area contributed by atoms with E-state index in [9.17, 15) is 17.2 Å². The molecule has 4 aliphatic rings. The third-order valence-corrected chi connectivity index (χ3v) is 9.64. The highest BCUT2D eigenvalue weighted by Crippen LogP contribution is 2.70. The number of sulfone groups is 1. The van der Waals surface area contributed by atoms with Crippen molar-refractivity contribution >= 4 is 21.6 Å². The van der Waals surface area contributed by atoms with Crippen LogP contribution in [0.4, 0.5) is 8.78 Å². The SMILES string of the molecule is CSC1CC2CC1C1C3CC(CC(F)(F)S(C)(=O)=O)C(C3)C21. The van der Waals surface area contributed by atoms with Gasteiger partial charge in [-0.05, 0) is 73.4 Å². The van der Waals surface area contributed by atoms with Gasteiger partial charge in [-0.15, -0.1) is 0 Å². The van der Waals surface area contributed by atoms with Gasteiger partial charge in [-0.25, -0.2) is 8.42 Å². The van der Waals surface area contributed by atoms with Gasteiger partial charge in [0.15, 0.2) is 0 Å². The minimum absolute atomic E-state index is 0.0805. The molecule has 8 atom stereocenters. The fourth-order valence-electron chi connectivity index (χ4n) is 6.64. The molecule has 4 saturated carbocycles. The molecule has 4 fully saturated rings. The second-order valence-corrected chi connectivity index (χ2v) is 11.3. The Morgan fingerprint density at radius 3 is 2.27 bits per heavy atom. The number of hydrogen-bond acceptors (Lipinski definition) is 3. The molecule has 4 aliphatic carbocycles. The molecule has 2 nitrogen and oxygen atoms in total. The lowest BCUT2D eigenvalue weighted by atomic mass is 9.67. The maximum atomic E-state index is 14.0. The van der Waals surface area contributed by atoms with Crippen molar-refractivity contribution in [2.75, 3.05) is 12.5 Å². The van der Waals surface area contributed by atoms with E-state index in [-0.39, 0.29) is 5.92 Å². The van der Waals surface area contributed by atoms with Crippen LogP contribution < -0.4 is 0 Å². The van der Waals surface area contributed by atoms with Crippen molar-refractivity contribution in [1.29, 1.82) is 0 Å². The summed E-state index contributed by atoms with van der Waals surface area (Å²) in [6.07, 6.45) is 6.88. The van der Waals surface area contributed by atoms with E-state index in [4.69, 9.17) is 0 Å². The van der Waals surface area contributed by atoms with E-state index in [0.29, 0.717) is 24.0 Å². The zero-order valence-electron chi connectivity index (χ0n) is 13.0. The average Bonchev–Trinajstić information content (AvgIpc) is 3.13. The number of halogens is 2. The van der Waals surface area contributed by atoms with Crippen LogP contribution in [0.1, 0.15) is 32.1 Å². The molecule has 4 bridgehead atoms. The molecule has 6 heteroatoms. The number of fused-ring (bicyclic) bond motifs is 9. The maximum absolute atomic E-state index is 14.0. The Hall–Kier alpha value is 0.160. The summed E-state index contributed by atoms with van der Waals surface area (Å²) in [6, 6.07) is 0. The minimum atomic E-state index is -4.29. The van der Waals surface area contributed by atoms with E-state index in [1.165, 1.54) is 12.8 Å². The molecule has 22 heavy (non-hydrogen) atoms. The zero-order chi connectivity index (χ0) is 15.9. The van der Waals surface area contributed by atoms with Crippen LogP contribution in [0.15, 0.2) is 0 Å². The summed E-state index contributed by atoms with van der Waals surface area (Å²) in [5.74, 6) is 3.76. The van der Waals surface area contributed by atoms with Gasteiger partial charge in [0.1, 0.15) is 0 Å². The third-order valence-electron chi connectivity index (χ3n) is 7.24. The lowest BCUT2D eigenvalue weighted by Gasteiger charge is -2.41. The van der Waals surface area contributed by atoms with E-state index in [0.717, 1.165) is 35.8 Å². The van der Waals surface area contributed by atoms with Gasteiger partial charge < -0.3 is 0 Å². The average molecular weight is 350 g/mol. The molecule has 0 N–H and O–H groups in total. The molecular weight excluding hydrogens is 326 g/mol. The number of rotatable bonds is 4. The molecule has 0 aromatic carbocycles. The van der Waals surface area contributed by atoms with Crippen molar-refractivity contribution in [3.05, 3.63) is 0 Å². The van der Waals surface area contributed by atoms with E-state index in [1.807, 2.05) is 11.8 Å². The first-order chi connectivity index (χ1) is 10.2. The minimum Gasteiger partial charge on any atom is -0.223 e. The maximum Gasteiger partial charge on any atom is 0.345 e. The summed E-state index contributed by atoms with van der Waals surface area (Å²) in [6.45, 7) is 0. The van der Waals surface area contributed by atoms with Crippen LogP contribution >= 0.6 is 11.8 Å². The highest BCUT2D eigenvalue weighted by Gasteiger charge is 2.65. The Bertz CT molecular complexity index is 577. The van der Waals surface area contributed by atoms with E-state index in [1.54, 1.807) is 0 Å². The molecule has 0 amide bonds. The first kappa shape index (κ1) is 15.7. The molecule has 8 unspecified atom stereocenters. The van der Waals surface area contributed by atoms with Gasteiger partial charge in [-0.2, -0.15) is 20.5 Å². The van der Waals surface area contributed by atoms with Gasteiger partial charge in [0.25, 0.3) is 0 Å². The molecule has 0 aromatic heterocycles. The summed E-state index contributed by atoms with van der Waals surface area (Å²) < 4.78 is 50.6. The van der Waals surface area contributed by atoms with Crippen LogP contribution in [-0.2, 0) is 9.84 Å². The van der Waals surface area contributed by atoms with E-state index in [2.05, 4.69) is 6.26 Å². The van der Waals surface area contributed by atoms with Crippen molar-refractivity contribution in [3.8, 4) is 0 Å². The van der Waals surface area contributed by atoms with Crippen LogP contribution in [0.2, 0.25) is 0 Å². The summed E-state index contributed by atoms with van der Waals surface area (Å²) in [5, 5.41) is -2.77. The van der Waals surface area contributed by atoms with Crippen LogP contribution in [-0.4, -0.2) is 31.4 Å². The second kappa shape index (κ2) is 4.84. The molecule has 4 rings (SSSR count). The first-order valence-electron chi connectivity index (χ1n) is 8.33. The fraction of sp³-hybridized carbons (Fsp3) is 1.00. The smallest absolute Gasteiger partial charge is 0.223 e. The van der Waals surface area contributed by atoms with Crippen LogP contribution in [0.25, 0.3) is 0 Å². The lowest BCUT2D eigenvalue weighted by Crippen LogP contribution is -2.39. The normalized spacial score (nSPS) is 49.8. The molecule has 0 saturated heterocycles. The van der Waals surface area contributed by atoms with Crippen molar-refractivity contribution in [2.24, 2.45) is 41.4 Å². The molecule has 0 radical (unpaired) electrons. The summed E-state index contributed by atoms with van der Waals surface area (Å²) in [7, 11) is -4.29. The Labute approximate surface area is 135 Å². The highest BCUT2D eigenvalue weighted by atomic mass is 32.2. The second-order valence-electron chi connectivity index (χ2n) is 8.09. The Morgan fingerprint density at radius 2 is 1.64 bits per heavy atom. The quantitative estimate of drug-likeness (QED) is 0.726. The lowest BCUT2D eigenvalue weighted by molar-refractivity contribution is 0.0254. The van der Waals surface area contributed by atoms with Gasteiger partial charge in [0.05, 0.1) is 0 Å². The molecule has 0 aromatic rings. The van der Waals surface area contributed by atoms with Gasteiger partial charge in [-0.1, -0.05) is 0 Å². The van der Waals surface area contributed by atoms with Crippen LogP contribution in [0.5, 0.6) is 0 Å². The van der Waals surface area contributed by atoms with Crippen LogP contribution in [0.3, 0.4) is 0 Å². The van der Waals surface area contributed by atoms with Gasteiger partial charge >= 0.3 is 5.25 Å². The summed E-state index contributed by atoms with van der Waals surface area (Å²) >= 11 is 1.99. The van der Waals surface area contributed by atoms with Crippen LogP contribution in [0, 0.1) is 41.4 Å². The standard InChI is InChI=1S/C16H24F2O2S2/c1-21-13-6-9-5-12(13)15-8-3-10(11(4-8)14(9)15)7-16(17,18)22(2,19)20/h8-15H,3-7H2,1-2H3. The summed E-state index contributed by atoms with van der Waals surface area (Å²) in [5.41, 5.74) is 0. The van der Waals surface area contributed by atoms with E-state index >= 15 is 0 Å². The van der Waals surface area contributed by atoms with Gasteiger partial charge in [0.2, 0.25) is 9.84 Å². The third kappa shape index (κ3) is 2.04. The molecule has 0 spiro atoms. The number of alkyl halides is 2. The largest absolute Gasteiger partial charge is 0.345 e. The predicted molar refractivity (Wildman–Crippen MR) is 84.6 cm³/mol. The molecule has 0 heterocycles.